The summed E-state index contributed by atoms with van der Waals surface area (Å²) < 4.78 is 8.25. The van der Waals surface area contributed by atoms with Crippen LogP contribution in [-0.4, -0.2) is 41.4 Å². The van der Waals surface area contributed by atoms with Gasteiger partial charge in [0.1, 0.15) is 5.37 Å². The Hall–Kier alpha value is -1.24. The molecule has 2 heterocycles. The number of ether oxygens (including phenoxy) is 1. The molecule has 1 aromatic carbocycles. The second kappa shape index (κ2) is 6.89. The molecule has 1 saturated heterocycles. The molecule has 0 spiro atoms. The van der Waals surface area contributed by atoms with Crippen LogP contribution in [0.25, 0.3) is 5.69 Å². The van der Waals surface area contributed by atoms with Crippen LogP contribution in [-0.2, 0) is 9.53 Å². The molecule has 116 valence electrons. The highest BCUT2D eigenvalue weighted by molar-refractivity contribution is 9.10. The highest BCUT2D eigenvalue weighted by atomic mass is 79.9. The van der Waals surface area contributed by atoms with Crippen molar-refractivity contribution in [1.82, 2.24) is 9.47 Å². The first-order valence-corrected chi connectivity index (χ1v) is 8.87. The van der Waals surface area contributed by atoms with Crippen molar-refractivity contribution in [1.29, 1.82) is 0 Å². The molecular formula is C16H17BrN2O2S. The Labute approximate surface area is 142 Å². The van der Waals surface area contributed by atoms with Gasteiger partial charge < -0.3 is 14.2 Å². The fourth-order valence-corrected chi connectivity index (χ4v) is 3.96. The Morgan fingerprint density at radius 3 is 2.82 bits per heavy atom. The van der Waals surface area contributed by atoms with Crippen LogP contribution < -0.4 is 0 Å². The molecule has 3 rings (SSSR count). The number of carbonyl (C=O) groups excluding carboxylic acids is 1. The monoisotopic (exact) mass is 380 g/mol. The molecule has 0 radical (unpaired) electrons. The van der Waals surface area contributed by atoms with Crippen LogP contribution in [0.3, 0.4) is 0 Å². The normalized spacial score (nSPS) is 18.2. The standard InChI is InChI=1S/C16H17BrN2O2S/c1-21-9-8-19-15(20)11-22-16(19)12-6-7-18(10-12)14-4-2-13(17)3-5-14/h2-7,10,16H,8-9,11H2,1H3/t16-/m0/s1. The molecule has 1 aliphatic heterocycles. The molecule has 1 amide bonds. The van der Waals surface area contributed by atoms with Gasteiger partial charge in [-0.3, -0.25) is 4.79 Å². The van der Waals surface area contributed by atoms with E-state index >= 15 is 0 Å². The van der Waals surface area contributed by atoms with Crippen LogP contribution in [0, 0.1) is 0 Å². The molecule has 0 N–H and O–H groups in total. The maximum atomic E-state index is 12.0. The lowest BCUT2D eigenvalue weighted by Crippen LogP contribution is -2.31. The highest BCUT2D eigenvalue weighted by Crippen LogP contribution is 2.38. The van der Waals surface area contributed by atoms with Crippen LogP contribution in [0.15, 0.2) is 47.2 Å². The summed E-state index contributed by atoms with van der Waals surface area (Å²) in [5.74, 6) is 0.723. The lowest BCUT2D eigenvalue weighted by molar-refractivity contribution is -0.128. The summed E-state index contributed by atoms with van der Waals surface area (Å²) in [6.07, 6.45) is 4.13. The van der Waals surface area contributed by atoms with Gasteiger partial charge in [-0.2, -0.15) is 0 Å². The summed E-state index contributed by atoms with van der Waals surface area (Å²) in [5, 5.41) is 0.0827. The van der Waals surface area contributed by atoms with Gasteiger partial charge in [-0.05, 0) is 30.3 Å². The van der Waals surface area contributed by atoms with Gasteiger partial charge in [0.15, 0.2) is 0 Å². The van der Waals surface area contributed by atoms with E-state index in [1.54, 1.807) is 18.9 Å². The van der Waals surface area contributed by atoms with E-state index in [1.165, 1.54) is 0 Å². The van der Waals surface area contributed by atoms with E-state index in [9.17, 15) is 4.79 Å². The molecule has 0 saturated carbocycles. The summed E-state index contributed by atoms with van der Waals surface area (Å²) in [5.41, 5.74) is 2.25. The molecule has 1 atom stereocenters. The van der Waals surface area contributed by atoms with E-state index in [0.29, 0.717) is 18.9 Å². The number of methoxy groups -OCH3 is 1. The van der Waals surface area contributed by atoms with Crippen LogP contribution in [0.5, 0.6) is 0 Å². The summed E-state index contributed by atoms with van der Waals surface area (Å²) in [6.45, 7) is 1.20. The molecule has 22 heavy (non-hydrogen) atoms. The third-order valence-electron chi connectivity index (χ3n) is 3.63. The summed E-state index contributed by atoms with van der Waals surface area (Å²) in [6, 6.07) is 10.2. The maximum absolute atomic E-state index is 12.0. The number of thioether (sulfide) groups is 1. The molecular weight excluding hydrogens is 364 g/mol. The zero-order valence-corrected chi connectivity index (χ0v) is 14.6. The van der Waals surface area contributed by atoms with Crippen molar-refractivity contribution in [3.63, 3.8) is 0 Å². The van der Waals surface area contributed by atoms with Gasteiger partial charge in [0, 0.05) is 41.8 Å². The average molecular weight is 381 g/mol. The Morgan fingerprint density at radius 2 is 2.09 bits per heavy atom. The van der Waals surface area contributed by atoms with E-state index < -0.39 is 0 Å². The molecule has 0 bridgehead atoms. The minimum atomic E-state index is 0.0827. The van der Waals surface area contributed by atoms with Gasteiger partial charge in [0.25, 0.3) is 0 Å². The molecule has 1 aromatic heterocycles. The second-order valence-corrected chi connectivity index (χ2v) is 7.06. The number of hydrogen-bond donors (Lipinski definition) is 0. The number of benzene rings is 1. The van der Waals surface area contributed by atoms with E-state index in [-0.39, 0.29) is 11.3 Å². The van der Waals surface area contributed by atoms with E-state index in [4.69, 9.17) is 4.74 Å². The topological polar surface area (TPSA) is 34.5 Å². The Morgan fingerprint density at radius 1 is 1.32 bits per heavy atom. The van der Waals surface area contributed by atoms with Crippen LogP contribution in [0.2, 0.25) is 0 Å². The van der Waals surface area contributed by atoms with Crippen LogP contribution in [0.1, 0.15) is 10.9 Å². The van der Waals surface area contributed by atoms with Gasteiger partial charge in [0.05, 0.1) is 12.4 Å². The highest BCUT2D eigenvalue weighted by Gasteiger charge is 2.32. The van der Waals surface area contributed by atoms with E-state index in [1.807, 2.05) is 23.2 Å². The summed E-state index contributed by atoms with van der Waals surface area (Å²) >= 11 is 5.12. The zero-order chi connectivity index (χ0) is 15.5. The van der Waals surface area contributed by atoms with Crippen molar-refractivity contribution in [3.8, 4) is 5.69 Å². The summed E-state index contributed by atoms with van der Waals surface area (Å²) in [7, 11) is 1.66. The van der Waals surface area contributed by atoms with Crippen molar-refractivity contribution in [2.75, 3.05) is 26.0 Å². The van der Waals surface area contributed by atoms with E-state index in [0.717, 1.165) is 15.7 Å². The van der Waals surface area contributed by atoms with Crippen molar-refractivity contribution in [2.45, 2.75) is 5.37 Å². The van der Waals surface area contributed by atoms with Crippen molar-refractivity contribution in [3.05, 3.63) is 52.8 Å². The number of nitrogens with zero attached hydrogens (tertiary/aromatic N) is 2. The molecule has 1 fully saturated rings. The number of hydrogen-bond acceptors (Lipinski definition) is 3. The molecule has 0 aliphatic carbocycles. The third-order valence-corrected chi connectivity index (χ3v) is 5.41. The number of aromatic nitrogens is 1. The molecule has 0 unspecified atom stereocenters. The fraction of sp³-hybridized carbons (Fsp3) is 0.312. The van der Waals surface area contributed by atoms with Gasteiger partial charge >= 0.3 is 0 Å². The summed E-state index contributed by atoms with van der Waals surface area (Å²) in [4.78, 5) is 13.9. The van der Waals surface area contributed by atoms with Crippen molar-refractivity contribution in [2.24, 2.45) is 0 Å². The minimum Gasteiger partial charge on any atom is -0.383 e. The Balaban J connectivity index is 1.80. The fourth-order valence-electron chi connectivity index (χ4n) is 2.49. The first kappa shape index (κ1) is 15.6. The Bertz CT molecular complexity index is 656. The minimum absolute atomic E-state index is 0.0827. The zero-order valence-electron chi connectivity index (χ0n) is 12.2. The lowest BCUT2D eigenvalue weighted by Gasteiger charge is -2.22. The van der Waals surface area contributed by atoms with Gasteiger partial charge in [-0.25, -0.2) is 0 Å². The SMILES string of the molecule is COCCN1C(=O)CS[C@H]1c1ccn(-c2ccc(Br)cc2)c1. The molecule has 1 aliphatic rings. The average Bonchev–Trinajstić information content (AvgIpc) is 3.13. The molecule has 6 heteroatoms. The predicted octanol–water partition coefficient (Wildman–Crippen LogP) is 3.46. The van der Waals surface area contributed by atoms with Crippen LogP contribution >= 0.6 is 27.7 Å². The number of carbonyl (C=O) groups is 1. The molecule has 2 aromatic rings. The number of amides is 1. The largest absolute Gasteiger partial charge is 0.383 e. The quantitative estimate of drug-likeness (QED) is 0.796. The second-order valence-electron chi connectivity index (χ2n) is 5.07. The van der Waals surface area contributed by atoms with Crippen molar-refractivity contribution >= 4 is 33.6 Å². The number of halogens is 1. The van der Waals surface area contributed by atoms with Gasteiger partial charge in [0.2, 0.25) is 5.91 Å². The van der Waals surface area contributed by atoms with E-state index in [2.05, 4.69) is 44.9 Å². The lowest BCUT2D eigenvalue weighted by atomic mass is 10.3. The third kappa shape index (κ3) is 3.24. The first-order valence-electron chi connectivity index (χ1n) is 7.03. The first-order chi connectivity index (χ1) is 10.7. The smallest absolute Gasteiger partial charge is 0.233 e. The maximum Gasteiger partial charge on any atom is 0.233 e. The van der Waals surface area contributed by atoms with Crippen molar-refractivity contribution < 1.29 is 9.53 Å². The number of rotatable bonds is 5. The Kier molecular flexibility index (Phi) is 4.90. The molecule has 4 nitrogen and oxygen atoms in total. The van der Waals surface area contributed by atoms with Gasteiger partial charge in [-0.1, -0.05) is 15.9 Å². The van der Waals surface area contributed by atoms with Gasteiger partial charge in [-0.15, -0.1) is 11.8 Å². The van der Waals surface area contributed by atoms with Crippen LogP contribution in [0.4, 0.5) is 0 Å². The predicted molar refractivity (Wildman–Crippen MR) is 92.3 cm³/mol.